The molecular weight excluding hydrogens is 458 g/mol. The van der Waals surface area contributed by atoms with E-state index in [2.05, 4.69) is 68.9 Å². The molecule has 3 atom stereocenters. The number of likely N-dealkylation sites (tertiary alicyclic amines) is 1. The highest BCUT2D eigenvalue weighted by molar-refractivity contribution is 9.10. The lowest BCUT2D eigenvalue weighted by molar-refractivity contribution is -0.130. The van der Waals surface area contributed by atoms with Crippen LogP contribution in [-0.4, -0.2) is 53.3 Å². The van der Waals surface area contributed by atoms with Crippen LogP contribution in [0.15, 0.2) is 47.3 Å². The molecule has 0 bridgehead atoms. The number of nitrogens with zero attached hydrogens (tertiary/aromatic N) is 3. The molecule has 0 N–H and O–H groups in total. The molecule has 6 nitrogen and oxygen atoms in total. The number of likely N-dealkylation sites (N-methyl/N-ethyl adjacent to an activating group) is 1. The molecule has 1 aromatic carbocycles. The molecule has 162 valence electrons. The molecule has 0 spiro atoms. The number of carbonyl (C=O) groups is 1. The minimum absolute atomic E-state index is 0.141. The van der Waals surface area contributed by atoms with Gasteiger partial charge in [0.1, 0.15) is 12.2 Å². The predicted molar refractivity (Wildman–Crippen MR) is 122 cm³/mol. The van der Waals surface area contributed by atoms with Gasteiger partial charge < -0.3 is 14.0 Å². The molecule has 7 heteroatoms. The average Bonchev–Trinajstić information content (AvgIpc) is 3.10. The molecule has 3 unspecified atom stereocenters. The summed E-state index contributed by atoms with van der Waals surface area (Å²) in [5.41, 5.74) is 4.00. The smallest absolute Gasteiger partial charge is 0.339 e. The Morgan fingerprint density at radius 1 is 1.32 bits per heavy atom. The maximum atomic E-state index is 12.5. The van der Waals surface area contributed by atoms with E-state index in [0.717, 1.165) is 23.7 Å². The molecule has 0 radical (unpaired) electrons. The summed E-state index contributed by atoms with van der Waals surface area (Å²) in [4.78, 5) is 18.9. The third kappa shape index (κ3) is 3.22. The zero-order chi connectivity index (χ0) is 21.8. The van der Waals surface area contributed by atoms with Gasteiger partial charge in [-0.3, -0.25) is 9.88 Å². The van der Waals surface area contributed by atoms with E-state index >= 15 is 0 Å². The van der Waals surface area contributed by atoms with E-state index in [4.69, 9.17) is 9.47 Å². The Bertz CT molecular complexity index is 1160. The van der Waals surface area contributed by atoms with E-state index in [1.807, 2.05) is 7.11 Å². The Morgan fingerprint density at radius 2 is 2.16 bits per heavy atom. The molecule has 1 fully saturated rings. The number of ether oxygens (including phenoxy) is 2. The highest BCUT2D eigenvalue weighted by Gasteiger charge is 2.51. The largest absolute Gasteiger partial charge is 0.460 e. The van der Waals surface area contributed by atoms with Gasteiger partial charge in [0.25, 0.3) is 0 Å². The van der Waals surface area contributed by atoms with Crippen LogP contribution in [0.3, 0.4) is 0 Å². The molecular formula is C24H26BrN3O3. The van der Waals surface area contributed by atoms with E-state index in [0.29, 0.717) is 12.2 Å². The van der Waals surface area contributed by atoms with E-state index in [-0.39, 0.29) is 23.7 Å². The zero-order valence-electron chi connectivity index (χ0n) is 18.0. The van der Waals surface area contributed by atoms with Crippen molar-refractivity contribution in [1.29, 1.82) is 0 Å². The number of aromatic nitrogens is 2. The highest BCUT2D eigenvalue weighted by atomic mass is 79.9. The van der Waals surface area contributed by atoms with Crippen LogP contribution >= 0.6 is 15.9 Å². The summed E-state index contributed by atoms with van der Waals surface area (Å²) in [5.74, 6) is -0.343. The molecule has 31 heavy (non-hydrogen) atoms. The Kier molecular flexibility index (Phi) is 5.15. The normalized spacial score (nSPS) is 25.4. The maximum absolute atomic E-state index is 12.5. The summed E-state index contributed by atoms with van der Waals surface area (Å²) in [6, 6.07) is 8.58. The first-order valence-electron chi connectivity index (χ1n) is 10.6. The molecule has 0 saturated carbocycles. The summed E-state index contributed by atoms with van der Waals surface area (Å²) in [6.45, 7) is 0.351. The second kappa shape index (κ2) is 7.73. The summed E-state index contributed by atoms with van der Waals surface area (Å²) in [5, 5.41) is 1.34. The standard InChI is InChI=1S/C24H26BrN3O3/c1-27-13-16-10-21-24(30-3,19-5-4-6-20(27)22(16)19)8-7-18(28(21)2)14-31-23(29)15-9-17(25)12-26-11-15/h4-6,9,11-13,18,21H,7-8,10,14H2,1-3H3. The molecule has 0 amide bonds. The number of halogens is 1. The first-order valence-corrected chi connectivity index (χ1v) is 11.4. The quantitative estimate of drug-likeness (QED) is 0.523. The van der Waals surface area contributed by atoms with Gasteiger partial charge in [0, 0.05) is 60.2 Å². The Hall–Kier alpha value is -2.22. The lowest BCUT2D eigenvalue weighted by Gasteiger charge is -2.53. The number of methoxy groups -OCH3 is 1. The van der Waals surface area contributed by atoms with Gasteiger partial charge >= 0.3 is 5.97 Å². The number of aryl methyl sites for hydroxylation is 1. The topological polar surface area (TPSA) is 56.6 Å². The number of hydrogen-bond acceptors (Lipinski definition) is 5. The fraction of sp³-hybridized carbons (Fsp3) is 0.417. The van der Waals surface area contributed by atoms with E-state index in [9.17, 15) is 4.79 Å². The minimum atomic E-state index is -0.350. The lowest BCUT2D eigenvalue weighted by atomic mass is 9.70. The second-order valence-corrected chi connectivity index (χ2v) is 9.54. The average molecular weight is 484 g/mol. The fourth-order valence-electron chi connectivity index (χ4n) is 5.54. The number of pyridine rings is 1. The summed E-state index contributed by atoms with van der Waals surface area (Å²) in [7, 11) is 6.06. The van der Waals surface area contributed by atoms with Gasteiger partial charge in [-0.25, -0.2) is 4.79 Å². The molecule has 3 heterocycles. The van der Waals surface area contributed by atoms with Gasteiger partial charge in [-0.2, -0.15) is 0 Å². The third-order valence-electron chi connectivity index (χ3n) is 7.13. The summed E-state index contributed by atoms with van der Waals surface area (Å²) in [6.07, 6.45) is 8.13. The van der Waals surface area contributed by atoms with Gasteiger partial charge in [0.15, 0.2) is 0 Å². The third-order valence-corrected chi connectivity index (χ3v) is 7.56. The summed E-state index contributed by atoms with van der Waals surface area (Å²) < 4.78 is 14.9. The minimum Gasteiger partial charge on any atom is -0.460 e. The van der Waals surface area contributed by atoms with Crippen molar-refractivity contribution in [3.05, 3.63) is 64.0 Å². The number of benzene rings is 1. The molecule has 2 aromatic heterocycles. The van der Waals surface area contributed by atoms with Crippen LogP contribution in [0.25, 0.3) is 10.9 Å². The highest BCUT2D eigenvalue weighted by Crippen LogP contribution is 2.49. The predicted octanol–water partition coefficient (Wildman–Crippen LogP) is 4.05. The number of esters is 1. The van der Waals surface area contributed by atoms with Crippen molar-refractivity contribution in [2.45, 2.75) is 36.9 Å². The first kappa shape index (κ1) is 20.7. The SMILES string of the molecule is COC12CCC(COC(=O)c3cncc(Br)c3)N(C)C1Cc1cn(C)c3cccc2c13. The number of hydrogen-bond donors (Lipinski definition) is 0. The molecule has 2 aliphatic rings. The summed E-state index contributed by atoms with van der Waals surface area (Å²) >= 11 is 3.35. The van der Waals surface area contributed by atoms with Crippen LogP contribution in [-0.2, 0) is 28.5 Å². The van der Waals surface area contributed by atoms with Crippen molar-refractivity contribution in [2.24, 2.45) is 7.05 Å². The van der Waals surface area contributed by atoms with Crippen LogP contribution in [0.1, 0.15) is 34.3 Å². The Balaban J connectivity index is 1.40. The molecule has 1 aliphatic heterocycles. The van der Waals surface area contributed by atoms with Crippen LogP contribution in [0.4, 0.5) is 0 Å². The van der Waals surface area contributed by atoms with Crippen molar-refractivity contribution in [3.8, 4) is 0 Å². The Labute approximate surface area is 190 Å². The van der Waals surface area contributed by atoms with Crippen LogP contribution in [0.5, 0.6) is 0 Å². The van der Waals surface area contributed by atoms with Crippen molar-refractivity contribution in [2.75, 3.05) is 20.8 Å². The monoisotopic (exact) mass is 483 g/mol. The van der Waals surface area contributed by atoms with Crippen molar-refractivity contribution >= 4 is 32.8 Å². The van der Waals surface area contributed by atoms with Crippen molar-refractivity contribution in [3.63, 3.8) is 0 Å². The van der Waals surface area contributed by atoms with Crippen LogP contribution in [0, 0.1) is 0 Å². The van der Waals surface area contributed by atoms with Gasteiger partial charge in [-0.1, -0.05) is 12.1 Å². The van der Waals surface area contributed by atoms with Gasteiger partial charge in [-0.05, 0) is 65.5 Å². The van der Waals surface area contributed by atoms with Gasteiger partial charge in [0.05, 0.1) is 5.56 Å². The number of fused-ring (bicyclic) bond motifs is 2. The zero-order valence-corrected chi connectivity index (χ0v) is 19.6. The molecule has 5 rings (SSSR count). The van der Waals surface area contributed by atoms with E-state index < -0.39 is 0 Å². The lowest BCUT2D eigenvalue weighted by Crippen LogP contribution is -2.61. The van der Waals surface area contributed by atoms with E-state index in [1.54, 1.807) is 12.3 Å². The van der Waals surface area contributed by atoms with Crippen LogP contribution < -0.4 is 0 Å². The second-order valence-electron chi connectivity index (χ2n) is 8.63. The van der Waals surface area contributed by atoms with E-state index in [1.165, 1.54) is 28.2 Å². The number of carbonyl (C=O) groups excluding carboxylic acids is 1. The van der Waals surface area contributed by atoms with Crippen molar-refractivity contribution in [1.82, 2.24) is 14.5 Å². The van der Waals surface area contributed by atoms with Gasteiger partial charge in [-0.15, -0.1) is 0 Å². The molecule has 3 aromatic rings. The van der Waals surface area contributed by atoms with Crippen molar-refractivity contribution < 1.29 is 14.3 Å². The van der Waals surface area contributed by atoms with Crippen LogP contribution in [0.2, 0.25) is 0 Å². The number of rotatable bonds is 4. The maximum Gasteiger partial charge on any atom is 0.339 e. The number of piperidine rings is 1. The molecule has 1 aliphatic carbocycles. The Morgan fingerprint density at radius 3 is 2.94 bits per heavy atom. The van der Waals surface area contributed by atoms with Gasteiger partial charge in [0.2, 0.25) is 0 Å². The first-order chi connectivity index (χ1) is 14.9. The molecule has 1 saturated heterocycles. The fourth-order valence-corrected chi connectivity index (χ4v) is 5.91.